The Morgan fingerprint density at radius 3 is 2.53 bits per heavy atom. The first-order chi connectivity index (χ1) is 8.28. The first kappa shape index (κ1) is 12.3. The molecule has 4 heteroatoms. The summed E-state index contributed by atoms with van der Waals surface area (Å²) in [7, 11) is 1.67. The Morgan fingerprint density at radius 1 is 1.18 bits per heavy atom. The van der Waals surface area contributed by atoms with Crippen molar-refractivity contribution < 1.29 is 4.74 Å². The minimum absolute atomic E-state index is 0.666. The molecule has 88 valence electrons. The monoisotopic (exact) mass is 265 g/mol. The van der Waals surface area contributed by atoms with Gasteiger partial charge in [0.2, 0.25) is 0 Å². The molecular formula is C13H12ClNOS. The van der Waals surface area contributed by atoms with Gasteiger partial charge in [-0.2, -0.15) is 0 Å². The molecule has 17 heavy (non-hydrogen) atoms. The molecule has 1 heterocycles. The normalized spacial score (nSPS) is 10.2. The molecule has 0 aliphatic rings. The summed E-state index contributed by atoms with van der Waals surface area (Å²) in [4.78, 5) is 4.23. The van der Waals surface area contributed by atoms with Crippen LogP contribution < -0.4 is 4.74 Å². The van der Waals surface area contributed by atoms with Gasteiger partial charge in [-0.15, -0.1) is 11.8 Å². The van der Waals surface area contributed by atoms with Crippen LogP contribution in [0, 0.1) is 0 Å². The van der Waals surface area contributed by atoms with Crippen LogP contribution in [-0.4, -0.2) is 12.1 Å². The lowest BCUT2D eigenvalue weighted by atomic mass is 10.2. The van der Waals surface area contributed by atoms with E-state index >= 15 is 0 Å². The lowest BCUT2D eigenvalue weighted by Gasteiger charge is -2.03. The second kappa shape index (κ2) is 5.94. The van der Waals surface area contributed by atoms with E-state index < -0.39 is 0 Å². The molecule has 2 aromatic rings. The van der Waals surface area contributed by atoms with Gasteiger partial charge in [0.1, 0.15) is 5.75 Å². The second-order valence-electron chi connectivity index (χ2n) is 3.45. The van der Waals surface area contributed by atoms with Crippen LogP contribution in [0.1, 0.15) is 5.56 Å². The van der Waals surface area contributed by atoms with Gasteiger partial charge in [-0.1, -0.05) is 23.7 Å². The zero-order valence-electron chi connectivity index (χ0n) is 9.39. The van der Waals surface area contributed by atoms with Crippen molar-refractivity contribution in [3.05, 3.63) is 53.2 Å². The summed E-state index contributed by atoms with van der Waals surface area (Å²) in [6.07, 6.45) is 1.66. The van der Waals surface area contributed by atoms with Crippen LogP contribution in [0.25, 0.3) is 0 Å². The molecule has 0 saturated carbocycles. The average Bonchev–Trinajstić information content (AvgIpc) is 2.39. The van der Waals surface area contributed by atoms with E-state index in [9.17, 15) is 0 Å². The fourth-order valence-corrected chi connectivity index (χ4v) is 2.24. The van der Waals surface area contributed by atoms with E-state index in [1.165, 1.54) is 5.56 Å². The van der Waals surface area contributed by atoms with Crippen LogP contribution in [0.5, 0.6) is 5.75 Å². The Bertz CT molecular complexity index is 470. The van der Waals surface area contributed by atoms with Crippen molar-refractivity contribution in [2.75, 3.05) is 7.11 Å². The highest BCUT2D eigenvalue weighted by atomic mass is 35.5. The van der Waals surface area contributed by atoms with E-state index in [-0.39, 0.29) is 0 Å². The molecule has 1 aromatic heterocycles. The van der Waals surface area contributed by atoms with Gasteiger partial charge in [0.05, 0.1) is 17.2 Å². The van der Waals surface area contributed by atoms with Crippen LogP contribution in [0.15, 0.2) is 47.6 Å². The minimum Gasteiger partial charge on any atom is -0.497 e. The first-order valence-electron chi connectivity index (χ1n) is 5.15. The standard InChI is InChI=1S/C13H12ClNOS/c1-16-12-5-2-10(3-6-12)9-17-13-7-4-11(14)8-15-13/h2-8H,9H2,1H3. The maximum atomic E-state index is 5.78. The van der Waals surface area contributed by atoms with E-state index in [0.29, 0.717) is 5.02 Å². The van der Waals surface area contributed by atoms with Crippen molar-refractivity contribution in [3.8, 4) is 5.75 Å². The van der Waals surface area contributed by atoms with Gasteiger partial charge < -0.3 is 4.74 Å². The van der Waals surface area contributed by atoms with Crippen molar-refractivity contribution in [2.45, 2.75) is 10.8 Å². The summed E-state index contributed by atoms with van der Waals surface area (Å²) >= 11 is 7.46. The molecule has 1 aromatic carbocycles. The molecule has 0 spiro atoms. The maximum absolute atomic E-state index is 5.78. The summed E-state index contributed by atoms with van der Waals surface area (Å²) in [5.74, 6) is 1.77. The van der Waals surface area contributed by atoms with Gasteiger partial charge in [0.15, 0.2) is 0 Å². The SMILES string of the molecule is COc1ccc(CSc2ccc(Cl)cn2)cc1. The van der Waals surface area contributed by atoms with Gasteiger partial charge in [0, 0.05) is 11.9 Å². The topological polar surface area (TPSA) is 22.1 Å². The number of hydrogen-bond acceptors (Lipinski definition) is 3. The highest BCUT2D eigenvalue weighted by Gasteiger charge is 1.98. The third-order valence-corrected chi connectivity index (χ3v) is 3.48. The molecule has 0 atom stereocenters. The van der Waals surface area contributed by atoms with Gasteiger partial charge in [0.25, 0.3) is 0 Å². The molecule has 0 saturated heterocycles. The molecule has 0 aliphatic heterocycles. The smallest absolute Gasteiger partial charge is 0.118 e. The highest BCUT2D eigenvalue weighted by molar-refractivity contribution is 7.98. The van der Waals surface area contributed by atoms with Crippen molar-refractivity contribution in [2.24, 2.45) is 0 Å². The summed E-state index contributed by atoms with van der Waals surface area (Å²) in [6, 6.07) is 11.8. The van der Waals surface area contributed by atoms with E-state index in [2.05, 4.69) is 17.1 Å². The zero-order valence-corrected chi connectivity index (χ0v) is 11.0. The van der Waals surface area contributed by atoms with Crippen LogP contribution in [0.2, 0.25) is 5.02 Å². The van der Waals surface area contributed by atoms with Crippen molar-refractivity contribution in [1.82, 2.24) is 4.98 Å². The molecule has 0 N–H and O–H groups in total. The number of nitrogens with zero attached hydrogens (tertiary/aromatic N) is 1. The Hall–Kier alpha value is -1.19. The summed E-state index contributed by atoms with van der Waals surface area (Å²) in [5.41, 5.74) is 1.24. The molecule has 0 fully saturated rings. The predicted molar refractivity (Wildman–Crippen MR) is 71.8 cm³/mol. The molecule has 0 amide bonds. The third kappa shape index (κ3) is 3.65. The van der Waals surface area contributed by atoms with Crippen LogP contribution in [0.3, 0.4) is 0 Å². The van der Waals surface area contributed by atoms with Crippen LogP contribution in [0.4, 0.5) is 0 Å². The molecule has 0 bridgehead atoms. The van der Waals surface area contributed by atoms with Crippen molar-refractivity contribution in [1.29, 1.82) is 0 Å². The molecular weight excluding hydrogens is 254 g/mol. The number of methoxy groups -OCH3 is 1. The van der Waals surface area contributed by atoms with E-state index in [0.717, 1.165) is 16.5 Å². The third-order valence-electron chi connectivity index (χ3n) is 2.25. The van der Waals surface area contributed by atoms with Crippen LogP contribution in [-0.2, 0) is 5.75 Å². The second-order valence-corrected chi connectivity index (χ2v) is 4.88. The number of thioether (sulfide) groups is 1. The van der Waals surface area contributed by atoms with Crippen LogP contribution >= 0.6 is 23.4 Å². The number of pyridine rings is 1. The predicted octanol–water partition coefficient (Wildman–Crippen LogP) is 4.04. The molecule has 2 nitrogen and oxygen atoms in total. The highest BCUT2D eigenvalue weighted by Crippen LogP contribution is 2.22. The fraction of sp³-hybridized carbons (Fsp3) is 0.154. The van der Waals surface area contributed by atoms with E-state index in [1.54, 1.807) is 25.1 Å². The number of ether oxygens (including phenoxy) is 1. The molecule has 0 unspecified atom stereocenters. The minimum atomic E-state index is 0.666. The first-order valence-corrected chi connectivity index (χ1v) is 6.51. The Kier molecular flexibility index (Phi) is 4.29. The van der Waals surface area contributed by atoms with Crippen molar-refractivity contribution in [3.63, 3.8) is 0 Å². The van der Waals surface area contributed by atoms with Gasteiger partial charge >= 0.3 is 0 Å². The Balaban J connectivity index is 1.95. The summed E-state index contributed by atoms with van der Waals surface area (Å²) in [5, 5.41) is 1.64. The lowest BCUT2D eigenvalue weighted by molar-refractivity contribution is 0.414. The fourth-order valence-electron chi connectivity index (χ4n) is 1.33. The van der Waals surface area contributed by atoms with E-state index in [4.69, 9.17) is 16.3 Å². The summed E-state index contributed by atoms with van der Waals surface area (Å²) in [6.45, 7) is 0. The Labute approximate surface area is 110 Å². The zero-order chi connectivity index (χ0) is 12.1. The lowest BCUT2D eigenvalue weighted by Crippen LogP contribution is -1.85. The summed E-state index contributed by atoms with van der Waals surface area (Å²) < 4.78 is 5.11. The van der Waals surface area contributed by atoms with Gasteiger partial charge in [-0.05, 0) is 29.8 Å². The number of benzene rings is 1. The van der Waals surface area contributed by atoms with Gasteiger partial charge in [-0.25, -0.2) is 4.98 Å². The van der Waals surface area contributed by atoms with Gasteiger partial charge in [-0.3, -0.25) is 0 Å². The number of hydrogen-bond donors (Lipinski definition) is 0. The quantitative estimate of drug-likeness (QED) is 0.779. The van der Waals surface area contributed by atoms with Crippen molar-refractivity contribution >= 4 is 23.4 Å². The van der Waals surface area contributed by atoms with E-state index in [1.807, 2.05) is 24.3 Å². The largest absolute Gasteiger partial charge is 0.497 e. The number of aromatic nitrogens is 1. The average molecular weight is 266 g/mol. The molecule has 0 aliphatic carbocycles. The number of rotatable bonds is 4. The molecule has 2 rings (SSSR count). The Morgan fingerprint density at radius 2 is 1.94 bits per heavy atom. The maximum Gasteiger partial charge on any atom is 0.118 e. The number of halogens is 1. The molecule has 0 radical (unpaired) electrons.